The van der Waals surface area contributed by atoms with Crippen LogP contribution in [0.25, 0.3) is 0 Å². The first-order valence-electron chi connectivity index (χ1n) is 4.61. The molecule has 8 heteroatoms. The zero-order valence-electron chi connectivity index (χ0n) is 8.67. The normalized spacial score (nSPS) is 12.0. The Balaban J connectivity index is 2.00. The van der Waals surface area contributed by atoms with Crippen molar-refractivity contribution in [2.45, 2.75) is 19.6 Å². The van der Waals surface area contributed by atoms with Crippen LogP contribution in [0.5, 0.6) is 0 Å². The lowest BCUT2D eigenvalue weighted by atomic mass is 10.6. The number of hydrogen-bond acceptors (Lipinski definition) is 5. The fraction of sp³-hybridized carbons (Fsp3) is 0.750. The zero-order chi connectivity index (χ0) is 12.0. The lowest BCUT2D eigenvalue weighted by Crippen LogP contribution is -2.23. The number of rotatable bonds is 6. The van der Waals surface area contributed by atoms with Gasteiger partial charge in [0.05, 0.1) is 13.2 Å². The molecule has 1 heterocycles. The third kappa shape index (κ3) is 5.66. The molecule has 0 aromatic carbocycles. The Morgan fingerprint density at radius 3 is 2.69 bits per heavy atom. The molecule has 1 aromatic rings. The van der Waals surface area contributed by atoms with Crippen molar-refractivity contribution in [2.75, 3.05) is 19.8 Å². The molecule has 0 saturated carbocycles. The highest BCUT2D eigenvalue weighted by atomic mass is 19.4. The van der Waals surface area contributed by atoms with Crippen LogP contribution in [-0.4, -0.2) is 36.1 Å². The van der Waals surface area contributed by atoms with E-state index in [9.17, 15) is 13.2 Å². The third-order valence-corrected chi connectivity index (χ3v) is 1.53. The molecule has 0 radical (unpaired) electrons. The second-order valence-corrected chi connectivity index (χ2v) is 3.06. The molecular weight excluding hydrogens is 227 g/mol. The fourth-order valence-electron chi connectivity index (χ4n) is 0.936. The first kappa shape index (κ1) is 12.9. The summed E-state index contributed by atoms with van der Waals surface area (Å²) in [7, 11) is 0. The maximum atomic E-state index is 11.7. The lowest BCUT2D eigenvalue weighted by Gasteiger charge is -2.07. The number of nitrogens with one attached hydrogen (secondary N) is 1. The molecule has 0 aliphatic rings. The highest BCUT2D eigenvalue weighted by molar-refractivity contribution is 4.77. The predicted octanol–water partition coefficient (Wildman–Crippen LogP) is 1.05. The smallest absolute Gasteiger partial charge is 0.411 e. The van der Waals surface area contributed by atoms with Crippen molar-refractivity contribution in [3.8, 4) is 0 Å². The van der Waals surface area contributed by atoms with Crippen LogP contribution < -0.4 is 5.32 Å². The van der Waals surface area contributed by atoms with Crippen molar-refractivity contribution in [1.29, 1.82) is 0 Å². The highest BCUT2D eigenvalue weighted by Gasteiger charge is 2.27. The number of hydrogen-bond donors (Lipinski definition) is 1. The first-order chi connectivity index (χ1) is 7.47. The Bertz CT molecular complexity index is 314. The van der Waals surface area contributed by atoms with E-state index in [0.717, 1.165) is 0 Å². The average Bonchev–Trinajstić information content (AvgIpc) is 2.56. The van der Waals surface area contributed by atoms with Crippen LogP contribution in [0.4, 0.5) is 13.2 Å². The van der Waals surface area contributed by atoms with Crippen LogP contribution in [0.15, 0.2) is 4.42 Å². The van der Waals surface area contributed by atoms with E-state index >= 15 is 0 Å². The van der Waals surface area contributed by atoms with E-state index < -0.39 is 12.8 Å². The molecule has 16 heavy (non-hydrogen) atoms. The SMILES string of the molecule is Cc1nnc(CNCCOCC(F)(F)F)o1. The number of halogens is 3. The van der Waals surface area contributed by atoms with E-state index in [1.54, 1.807) is 6.92 Å². The molecule has 1 rings (SSSR count). The van der Waals surface area contributed by atoms with E-state index in [2.05, 4.69) is 20.3 Å². The molecule has 0 atom stereocenters. The Kier molecular flexibility index (Phi) is 4.69. The second kappa shape index (κ2) is 5.80. The van der Waals surface area contributed by atoms with Crippen LogP contribution in [0.1, 0.15) is 11.8 Å². The van der Waals surface area contributed by atoms with Gasteiger partial charge < -0.3 is 14.5 Å². The molecule has 0 fully saturated rings. The Morgan fingerprint density at radius 2 is 2.12 bits per heavy atom. The van der Waals surface area contributed by atoms with Crippen molar-refractivity contribution in [2.24, 2.45) is 0 Å². The van der Waals surface area contributed by atoms with Gasteiger partial charge in [0.2, 0.25) is 11.8 Å². The van der Waals surface area contributed by atoms with Gasteiger partial charge in [-0.3, -0.25) is 0 Å². The molecule has 0 amide bonds. The van der Waals surface area contributed by atoms with E-state index in [4.69, 9.17) is 4.42 Å². The zero-order valence-corrected chi connectivity index (χ0v) is 8.67. The molecule has 0 aliphatic carbocycles. The summed E-state index contributed by atoms with van der Waals surface area (Å²) in [6.07, 6.45) is -4.27. The molecule has 0 aliphatic heterocycles. The van der Waals surface area contributed by atoms with Crippen LogP contribution >= 0.6 is 0 Å². The predicted molar refractivity (Wildman–Crippen MR) is 47.6 cm³/mol. The van der Waals surface area contributed by atoms with Crippen LogP contribution in [0.3, 0.4) is 0 Å². The van der Waals surface area contributed by atoms with Gasteiger partial charge in [0.25, 0.3) is 0 Å². The molecule has 5 nitrogen and oxygen atoms in total. The Labute approximate surface area is 90.0 Å². The second-order valence-electron chi connectivity index (χ2n) is 3.06. The van der Waals surface area contributed by atoms with Gasteiger partial charge >= 0.3 is 6.18 Å². The van der Waals surface area contributed by atoms with E-state index in [0.29, 0.717) is 18.3 Å². The number of aryl methyl sites for hydroxylation is 1. The largest absolute Gasteiger partial charge is 0.424 e. The summed E-state index contributed by atoms with van der Waals surface area (Å²) in [5, 5.41) is 10.1. The lowest BCUT2D eigenvalue weighted by molar-refractivity contribution is -0.173. The van der Waals surface area contributed by atoms with Gasteiger partial charge in [-0.25, -0.2) is 0 Å². The number of aromatic nitrogens is 2. The molecular formula is C8H12F3N3O2. The maximum absolute atomic E-state index is 11.7. The van der Waals surface area contributed by atoms with Crippen molar-refractivity contribution in [3.05, 3.63) is 11.8 Å². The molecule has 0 spiro atoms. The maximum Gasteiger partial charge on any atom is 0.411 e. The van der Waals surface area contributed by atoms with Gasteiger partial charge in [-0.15, -0.1) is 10.2 Å². The minimum Gasteiger partial charge on any atom is -0.424 e. The van der Waals surface area contributed by atoms with Crippen molar-refractivity contribution < 1.29 is 22.3 Å². The molecule has 0 saturated heterocycles. The Morgan fingerprint density at radius 1 is 1.38 bits per heavy atom. The summed E-state index contributed by atoms with van der Waals surface area (Å²) < 4.78 is 44.4. The minimum atomic E-state index is -4.27. The van der Waals surface area contributed by atoms with Crippen molar-refractivity contribution in [3.63, 3.8) is 0 Å². The highest BCUT2D eigenvalue weighted by Crippen LogP contribution is 2.13. The van der Waals surface area contributed by atoms with E-state index in [1.165, 1.54) is 0 Å². The summed E-state index contributed by atoms with van der Waals surface area (Å²) in [6, 6.07) is 0. The topological polar surface area (TPSA) is 60.2 Å². The summed E-state index contributed by atoms with van der Waals surface area (Å²) in [6.45, 7) is 1.01. The molecule has 1 aromatic heterocycles. The van der Waals surface area contributed by atoms with Crippen LogP contribution in [0, 0.1) is 6.92 Å². The van der Waals surface area contributed by atoms with Crippen LogP contribution in [-0.2, 0) is 11.3 Å². The van der Waals surface area contributed by atoms with Crippen LogP contribution in [0.2, 0.25) is 0 Å². The van der Waals surface area contributed by atoms with Gasteiger partial charge in [0, 0.05) is 13.5 Å². The van der Waals surface area contributed by atoms with E-state index in [-0.39, 0.29) is 13.2 Å². The Hall–Kier alpha value is -1.15. The molecule has 1 N–H and O–H groups in total. The summed E-state index contributed by atoms with van der Waals surface area (Å²) in [4.78, 5) is 0. The van der Waals surface area contributed by atoms with Gasteiger partial charge in [0.15, 0.2) is 0 Å². The third-order valence-electron chi connectivity index (χ3n) is 1.53. The molecule has 0 unspecified atom stereocenters. The number of nitrogens with zero attached hydrogens (tertiary/aromatic N) is 2. The fourth-order valence-corrected chi connectivity index (χ4v) is 0.936. The summed E-state index contributed by atoms with van der Waals surface area (Å²) in [5.41, 5.74) is 0. The summed E-state index contributed by atoms with van der Waals surface area (Å²) >= 11 is 0. The van der Waals surface area contributed by atoms with Gasteiger partial charge in [0.1, 0.15) is 6.61 Å². The number of alkyl halides is 3. The average molecular weight is 239 g/mol. The van der Waals surface area contributed by atoms with Gasteiger partial charge in [-0.05, 0) is 0 Å². The monoisotopic (exact) mass is 239 g/mol. The van der Waals surface area contributed by atoms with E-state index in [1.807, 2.05) is 0 Å². The number of ether oxygens (including phenoxy) is 1. The van der Waals surface area contributed by atoms with Crippen molar-refractivity contribution >= 4 is 0 Å². The van der Waals surface area contributed by atoms with Crippen molar-refractivity contribution in [1.82, 2.24) is 15.5 Å². The minimum absolute atomic E-state index is 0.0212. The first-order valence-corrected chi connectivity index (χ1v) is 4.61. The quantitative estimate of drug-likeness (QED) is 0.752. The summed E-state index contributed by atoms with van der Waals surface area (Å²) in [5.74, 6) is 0.846. The van der Waals surface area contributed by atoms with Gasteiger partial charge in [-0.1, -0.05) is 0 Å². The van der Waals surface area contributed by atoms with Gasteiger partial charge in [-0.2, -0.15) is 13.2 Å². The molecule has 92 valence electrons. The standard InChI is InChI=1S/C8H12F3N3O2/c1-6-13-14-7(16-6)4-12-2-3-15-5-8(9,10)11/h12H,2-5H2,1H3. The molecule has 0 bridgehead atoms.